The fourth-order valence-electron chi connectivity index (χ4n) is 5.42. The smallest absolute Gasteiger partial charge is 0.195 e. The van der Waals surface area contributed by atoms with Gasteiger partial charge in [0.15, 0.2) is 5.79 Å². The lowest BCUT2D eigenvalue weighted by atomic mass is 9.68. The predicted molar refractivity (Wildman–Crippen MR) is 117 cm³/mol. The number of aliphatic hydroxyl groups is 1. The summed E-state index contributed by atoms with van der Waals surface area (Å²) in [5.74, 6) is -0.760. The molecule has 0 spiro atoms. The maximum atomic E-state index is 11.2. The Kier molecular flexibility index (Phi) is 3.85. The molecule has 1 aliphatic heterocycles. The van der Waals surface area contributed by atoms with Crippen LogP contribution in [0.25, 0.3) is 16.6 Å². The minimum atomic E-state index is -1.17. The summed E-state index contributed by atoms with van der Waals surface area (Å²) < 4.78 is 5.59. The van der Waals surface area contributed by atoms with Crippen LogP contribution in [0.4, 0.5) is 0 Å². The standard InChI is InChI=1S/C25H30N2O2/c1-7-13(2)12-16-14(3)21-19-18(20-23(27-21)25(20,28)29-6)15-10-8-9-11-17(15)26-22(19)24(16,4)5/h8-13,20,23,27-28H,7H2,1-6H3/b16-12+. The quantitative estimate of drug-likeness (QED) is 0.750. The molecule has 1 saturated carbocycles. The molecule has 4 nitrogen and oxygen atoms in total. The third-order valence-corrected chi connectivity index (χ3v) is 7.38. The summed E-state index contributed by atoms with van der Waals surface area (Å²) in [5.41, 5.74) is 7.92. The molecule has 4 atom stereocenters. The van der Waals surface area contributed by atoms with Gasteiger partial charge in [0.05, 0.1) is 23.2 Å². The summed E-state index contributed by atoms with van der Waals surface area (Å²) in [6.07, 6.45) is 3.51. The Bertz CT molecular complexity index is 1100. The number of hydrogen-bond donors (Lipinski definition) is 2. The van der Waals surface area contributed by atoms with E-state index in [9.17, 15) is 5.11 Å². The number of aromatic nitrogens is 1. The second-order valence-corrected chi connectivity index (χ2v) is 9.41. The van der Waals surface area contributed by atoms with Crippen LogP contribution < -0.4 is 5.32 Å². The lowest BCUT2D eigenvalue weighted by molar-refractivity contribution is -0.110. The molecule has 2 aliphatic carbocycles. The first kappa shape index (κ1) is 18.8. The van der Waals surface area contributed by atoms with Gasteiger partial charge in [-0.3, -0.25) is 4.98 Å². The molecule has 152 valence electrons. The lowest BCUT2D eigenvalue weighted by Crippen LogP contribution is -2.36. The Morgan fingerprint density at radius 1 is 1.31 bits per heavy atom. The van der Waals surface area contributed by atoms with Gasteiger partial charge in [0, 0.05) is 29.2 Å². The molecule has 4 heteroatoms. The first-order valence-corrected chi connectivity index (χ1v) is 10.7. The van der Waals surface area contributed by atoms with Crippen LogP contribution in [0.5, 0.6) is 0 Å². The highest BCUT2D eigenvalue weighted by atomic mass is 16.6. The first-order valence-electron chi connectivity index (χ1n) is 10.7. The van der Waals surface area contributed by atoms with E-state index in [1.807, 2.05) is 6.07 Å². The number of nitrogens with one attached hydrogen (secondary N) is 1. The maximum Gasteiger partial charge on any atom is 0.195 e. The van der Waals surface area contributed by atoms with Gasteiger partial charge in [-0.1, -0.05) is 58.4 Å². The second-order valence-electron chi connectivity index (χ2n) is 9.41. The second kappa shape index (κ2) is 5.93. The van der Waals surface area contributed by atoms with E-state index in [2.05, 4.69) is 64.2 Å². The van der Waals surface area contributed by atoms with Gasteiger partial charge in [-0.15, -0.1) is 0 Å². The molecule has 29 heavy (non-hydrogen) atoms. The van der Waals surface area contributed by atoms with Crippen LogP contribution in [0, 0.1) is 5.92 Å². The average molecular weight is 391 g/mol. The molecule has 4 unspecified atom stereocenters. The summed E-state index contributed by atoms with van der Waals surface area (Å²) in [4.78, 5) is 5.17. The zero-order valence-electron chi connectivity index (χ0n) is 18.1. The largest absolute Gasteiger partial charge is 0.375 e. The van der Waals surface area contributed by atoms with Crippen molar-refractivity contribution in [1.29, 1.82) is 0 Å². The highest BCUT2D eigenvalue weighted by molar-refractivity contribution is 5.94. The van der Waals surface area contributed by atoms with Gasteiger partial charge in [-0.2, -0.15) is 0 Å². The molecule has 0 amide bonds. The van der Waals surface area contributed by atoms with E-state index >= 15 is 0 Å². The fraction of sp³-hybridized carbons (Fsp3) is 0.480. The molecule has 2 N–H and O–H groups in total. The molecule has 3 aliphatic rings. The number of pyridine rings is 1. The molecule has 0 saturated heterocycles. The molecule has 5 rings (SSSR count). The van der Waals surface area contributed by atoms with Gasteiger partial charge in [0.2, 0.25) is 0 Å². The Morgan fingerprint density at radius 3 is 2.72 bits per heavy atom. The molecule has 0 bridgehead atoms. The summed E-state index contributed by atoms with van der Waals surface area (Å²) in [6, 6.07) is 8.16. The van der Waals surface area contributed by atoms with Crippen molar-refractivity contribution >= 4 is 16.6 Å². The molecule has 1 aromatic carbocycles. The number of methoxy groups -OCH3 is 1. The Labute approximate surface area is 172 Å². The van der Waals surface area contributed by atoms with E-state index in [1.54, 1.807) is 7.11 Å². The minimum Gasteiger partial charge on any atom is -0.375 e. The van der Waals surface area contributed by atoms with E-state index < -0.39 is 5.79 Å². The number of benzene rings is 1. The first-order chi connectivity index (χ1) is 13.8. The lowest BCUT2D eigenvalue weighted by Gasteiger charge is -2.40. The molecular formula is C25H30N2O2. The van der Waals surface area contributed by atoms with Crippen molar-refractivity contribution in [2.75, 3.05) is 7.11 Å². The number of allylic oxidation sites excluding steroid dienone is 3. The van der Waals surface area contributed by atoms with E-state index in [4.69, 9.17) is 9.72 Å². The number of fused-ring (bicyclic) bond motifs is 4. The third kappa shape index (κ3) is 2.30. The zero-order chi connectivity index (χ0) is 20.7. The van der Waals surface area contributed by atoms with Crippen LogP contribution in [-0.4, -0.2) is 29.0 Å². The van der Waals surface area contributed by atoms with Crippen molar-refractivity contribution in [2.24, 2.45) is 5.92 Å². The van der Waals surface area contributed by atoms with Crippen molar-refractivity contribution in [3.8, 4) is 0 Å². The number of nitrogens with zero attached hydrogens (tertiary/aromatic N) is 1. The maximum absolute atomic E-state index is 11.2. The SMILES string of the molecule is CCC(C)/C=C1\C(C)=C2NC3C(c4c2c(nc2ccccc42)C1(C)C)C3(O)OC. The van der Waals surface area contributed by atoms with Crippen LogP contribution >= 0.6 is 0 Å². The van der Waals surface area contributed by atoms with Gasteiger partial charge in [-0.25, -0.2) is 0 Å². The topological polar surface area (TPSA) is 54.4 Å². The Balaban J connectivity index is 1.88. The van der Waals surface area contributed by atoms with Crippen LogP contribution in [0.3, 0.4) is 0 Å². The van der Waals surface area contributed by atoms with Crippen molar-refractivity contribution in [2.45, 2.75) is 64.2 Å². The predicted octanol–water partition coefficient (Wildman–Crippen LogP) is 4.63. The van der Waals surface area contributed by atoms with E-state index in [-0.39, 0.29) is 17.4 Å². The van der Waals surface area contributed by atoms with Gasteiger partial charge in [0.1, 0.15) is 0 Å². The molecule has 0 radical (unpaired) electrons. The van der Waals surface area contributed by atoms with Crippen molar-refractivity contribution in [3.05, 3.63) is 58.3 Å². The van der Waals surface area contributed by atoms with E-state index in [0.29, 0.717) is 5.92 Å². The molecule has 1 aromatic heterocycles. The van der Waals surface area contributed by atoms with Crippen LogP contribution in [0.2, 0.25) is 0 Å². The van der Waals surface area contributed by atoms with Gasteiger partial charge in [-0.05, 0) is 35.6 Å². The Morgan fingerprint density at radius 2 is 2.03 bits per heavy atom. The van der Waals surface area contributed by atoms with E-state index in [1.165, 1.54) is 22.3 Å². The minimum absolute atomic E-state index is 0.0819. The summed E-state index contributed by atoms with van der Waals surface area (Å²) in [5, 5.41) is 15.9. The zero-order valence-corrected chi connectivity index (χ0v) is 18.1. The highest BCUT2D eigenvalue weighted by Crippen LogP contribution is 2.61. The summed E-state index contributed by atoms with van der Waals surface area (Å²) in [6.45, 7) is 11.3. The van der Waals surface area contributed by atoms with Crippen molar-refractivity contribution < 1.29 is 9.84 Å². The third-order valence-electron chi connectivity index (χ3n) is 7.38. The van der Waals surface area contributed by atoms with Gasteiger partial charge in [0.25, 0.3) is 0 Å². The van der Waals surface area contributed by atoms with Crippen LogP contribution in [0.1, 0.15) is 63.8 Å². The van der Waals surface area contributed by atoms with Crippen molar-refractivity contribution in [1.82, 2.24) is 10.3 Å². The molecule has 1 fully saturated rings. The fourth-order valence-corrected chi connectivity index (χ4v) is 5.42. The molecule has 2 aromatic rings. The van der Waals surface area contributed by atoms with Gasteiger partial charge < -0.3 is 15.2 Å². The number of para-hydroxylation sites is 1. The number of rotatable bonds is 3. The van der Waals surface area contributed by atoms with Crippen LogP contribution in [-0.2, 0) is 10.2 Å². The number of ether oxygens (including phenoxy) is 1. The molecule has 2 heterocycles. The van der Waals surface area contributed by atoms with Crippen molar-refractivity contribution in [3.63, 3.8) is 0 Å². The highest BCUT2D eigenvalue weighted by Gasteiger charge is 2.70. The average Bonchev–Trinajstić information content (AvgIpc) is 3.33. The van der Waals surface area contributed by atoms with E-state index in [0.717, 1.165) is 28.7 Å². The monoisotopic (exact) mass is 390 g/mol. The summed E-state index contributed by atoms with van der Waals surface area (Å²) in [7, 11) is 1.60. The normalized spacial score (nSPS) is 31.3. The van der Waals surface area contributed by atoms with Gasteiger partial charge >= 0.3 is 0 Å². The summed E-state index contributed by atoms with van der Waals surface area (Å²) >= 11 is 0. The Hall–Kier alpha value is -2.17. The molecular weight excluding hydrogens is 360 g/mol. The number of hydrogen-bond acceptors (Lipinski definition) is 4. The van der Waals surface area contributed by atoms with Crippen LogP contribution in [0.15, 0.2) is 41.5 Å².